The number of hydrazone groups is 1. The molecule has 5 nitrogen and oxygen atoms in total. The maximum atomic E-state index is 10.5. The second kappa shape index (κ2) is 6.01. The van der Waals surface area contributed by atoms with Crippen molar-refractivity contribution in [2.45, 2.75) is 0 Å². The summed E-state index contributed by atoms with van der Waals surface area (Å²) in [5.74, 6) is 0.790. The molecule has 6 heteroatoms. The van der Waals surface area contributed by atoms with E-state index in [0.717, 1.165) is 22.4 Å². The van der Waals surface area contributed by atoms with Gasteiger partial charge in [-0.05, 0) is 46.2 Å². The zero-order valence-corrected chi connectivity index (χ0v) is 11.1. The molecule has 98 valence electrons. The summed E-state index contributed by atoms with van der Waals surface area (Å²) in [6.45, 7) is 0. The van der Waals surface area contributed by atoms with Crippen molar-refractivity contribution in [1.82, 2.24) is 5.43 Å². The summed E-state index contributed by atoms with van der Waals surface area (Å²) in [5.41, 5.74) is 9.99. The summed E-state index contributed by atoms with van der Waals surface area (Å²) >= 11 is 1.62. The van der Waals surface area contributed by atoms with Gasteiger partial charge in [-0.1, -0.05) is 0 Å². The van der Waals surface area contributed by atoms with Crippen molar-refractivity contribution in [3.8, 4) is 16.9 Å². The zero-order valence-electron chi connectivity index (χ0n) is 10.3. The van der Waals surface area contributed by atoms with Crippen molar-refractivity contribution < 1.29 is 9.53 Å². The Hall–Kier alpha value is -2.34. The lowest BCUT2D eigenvalue weighted by molar-refractivity contribution is 0.249. The van der Waals surface area contributed by atoms with Crippen LogP contribution in [0.1, 0.15) is 5.56 Å². The molecule has 0 spiro atoms. The number of hydrogen-bond acceptors (Lipinski definition) is 4. The number of carbonyl (C=O) groups is 1. The topological polar surface area (TPSA) is 76.7 Å². The first-order valence-electron chi connectivity index (χ1n) is 5.50. The van der Waals surface area contributed by atoms with Crippen LogP contribution in [0, 0.1) is 0 Å². The Balaban J connectivity index is 2.31. The fourth-order valence-corrected chi connectivity index (χ4v) is 2.28. The van der Waals surface area contributed by atoms with Crippen molar-refractivity contribution >= 4 is 23.6 Å². The number of nitrogens with one attached hydrogen (secondary N) is 1. The molecule has 3 N–H and O–H groups in total. The second-order valence-electron chi connectivity index (χ2n) is 3.71. The van der Waals surface area contributed by atoms with E-state index >= 15 is 0 Å². The number of nitrogens with zero attached hydrogens (tertiary/aromatic N) is 1. The minimum absolute atomic E-state index is 0.692. The maximum Gasteiger partial charge on any atom is 0.332 e. The van der Waals surface area contributed by atoms with Gasteiger partial charge in [-0.15, -0.1) is 0 Å². The second-order valence-corrected chi connectivity index (χ2v) is 4.49. The molecular weight excluding hydrogens is 262 g/mol. The minimum atomic E-state index is -0.692. The summed E-state index contributed by atoms with van der Waals surface area (Å²) < 4.78 is 5.34. The van der Waals surface area contributed by atoms with Crippen LogP contribution in [0.3, 0.4) is 0 Å². The molecule has 2 aromatic rings. The molecule has 1 aromatic carbocycles. The van der Waals surface area contributed by atoms with Crippen LogP contribution < -0.4 is 15.9 Å². The number of rotatable bonds is 4. The van der Waals surface area contributed by atoms with E-state index in [4.69, 9.17) is 10.5 Å². The van der Waals surface area contributed by atoms with Gasteiger partial charge in [-0.2, -0.15) is 16.4 Å². The van der Waals surface area contributed by atoms with E-state index in [1.54, 1.807) is 18.4 Å². The van der Waals surface area contributed by atoms with Crippen LogP contribution in [0.25, 0.3) is 11.1 Å². The SMILES string of the molecule is COc1ccc(/C=N/NC(N)=O)cc1-c1ccsc1. The largest absolute Gasteiger partial charge is 0.496 e. The molecule has 0 aliphatic rings. The van der Waals surface area contributed by atoms with Crippen LogP contribution in [0.2, 0.25) is 0 Å². The summed E-state index contributed by atoms with van der Waals surface area (Å²) in [5, 5.41) is 7.78. The molecule has 0 atom stereocenters. The number of urea groups is 1. The fraction of sp³-hybridized carbons (Fsp3) is 0.0769. The highest BCUT2D eigenvalue weighted by atomic mass is 32.1. The Labute approximate surface area is 114 Å². The third kappa shape index (κ3) is 3.32. The third-order valence-electron chi connectivity index (χ3n) is 2.44. The molecule has 0 unspecified atom stereocenters. The Morgan fingerprint density at radius 2 is 2.32 bits per heavy atom. The first kappa shape index (κ1) is 13.1. The average Bonchev–Trinajstić information content (AvgIpc) is 2.92. The Morgan fingerprint density at radius 1 is 1.47 bits per heavy atom. The maximum absolute atomic E-state index is 10.5. The summed E-state index contributed by atoms with van der Waals surface area (Å²) in [6, 6.07) is 6.97. The predicted molar refractivity (Wildman–Crippen MR) is 76.6 cm³/mol. The number of benzene rings is 1. The Bertz CT molecular complexity index is 594. The van der Waals surface area contributed by atoms with Crippen molar-refractivity contribution in [3.63, 3.8) is 0 Å². The number of amides is 2. The van der Waals surface area contributed by atoms with Crippen LogP contribution in [0.5, 0.6) is 5.75 Å². The van der Waals surface area contributed by atoms with Gasteiger partial charge < -0.3 is 10.5 Å². The van der Waals surface area contributed by atoms with E-state index in [0.29, 0.717) is 0 Å². The number of ether oxygens (including phenoxy) is 1. The van der Waals surface area contributed by atoms with E-state index in [1.165, 1.54) is 6.21 Å². The monoisotopic (exact) mass is 275 g/mol. The number of nitrogens with two attached hydrogens (primary N) is 1. The fourth-order valence-electron chi connectivity index (χ4n) is 1.62. The van der Waals surface area contributed by atoms with Crippen LogP contribution in [0.4, 0.5) is 4.79 Å². The first-order valence-corrected chi connectivity index (χ1v) is 6.44. The number of carbonyl (C=O) groups excluding carboxylic acids is 1. The highest BCUT2D eigenvalue weighted by Gasteiger charge is 2.06. The van der Waals surface area contributed by atoms with Gasteiger partial charge in [0, 0.05) is 5.56 Å². The highest BCUT2D eigenvalue weighted by molar-refractivity contribution is 7.08. The highest BCUT2D eigenvalue weighted by Crippen LogP contribution is 2.31. The minimum Gasteiger partial charge on any atom is -0.496 e. The van der Waals surface area contributed by atoms with Crippen LogP contribution in [-0.2, 0) is 0 Å². The van der Waals surface area contributed by atoms with Crippen LogP contribution in [-0.4, -0.2) is 19.4 Å². The lowest BCUT2D eigenvalue weighted by Crippen LogP contribution is -2.24. The van der Waals surface area contributed by atoms with Crippen LogP contribution >= 0.6 is 11.3 Å². The van der Waals surface area contributed by atoms with Gasteiger partial charge in [0.05, 0.1) is 13.3 Å². The molecule has 19 heavy (non-hydrogen) atoms. The molecular formula is C13H13N3O2S. The van der Waals surface area contributed by atoms with Crippen molar-refractivity contribution in [3.05, 3.63) is 40.6 Å². The number of primary amides is 1. The van der Waals surface area contributed by atoms with E-state index in [2.05, 4.69) is 10.5 Å². The molecule has 2 rings (SSSR count). The van der Waals surface area contributed by atoms with E-state index in [1.807, 2.05) is 35.0 Å². The molecule has 1 heterocycles. The molecule has 2 amide bonds. The standard InChI is InChI=1S/C13H13N3O2S/c1-18-12-3-2-9(7-15-16-13(14)17)6-11(12)10-4-5-19-8-10/h2-8H,1H3,(H3,14,16,17)/b15-7+. The molecule has 0 aliphatic heterocycles. The number of thiophene rings is 1. The molecule has 0 fully saturated rings. The van der Waals surface area contributed by atoms with Gasteiger partial charge in [-0.3, -0.25) is 0 Å². The van der Waals surface area contributed by atoms with Crippen molar-refractivity contribution in [1.29, 1.82) is 0 Å². The van der Waals surface area contributed by atoms with E-state index in [-0.39, 0.29) is 0 Å². The Morgan fingerprint density at radius 3 is 2.95 bits per heavy atom. The smallest absolute Gasteiger partial charge is 0.332 e. The molecule has 0 aliphatic carbocycles. The predicted octanol–water partition coefficient (Wildman–Crippen LogP) is 2.43. The van der Waals surface area contributed by atoms with Gasteiger partial charge in [-0.25, -0.2) is 10.2 Å². The quantitative estimate of drug-likeness (QED) is 0.664. The number of methoxy groups -OCH3 is 1. The van der Waals surface area contributed by atoms with Crippen molar-refractivity contribution in [2.24, 2.45) is 10.8 Å². The van der Waals surface area contributed by atoms with Gasteiger partial charge >= 0.3 is 6.03 Å². The third-order valence-corrected chi connectivity index (χ3v) is 3.13. The van der Waals surface area contributed by atoms with Gasteiger partial charge in [0.25, 0.3) is 0 Å². The summed E-state index contributed by atoms with van der Waals surface area (Å²) in [7, 11) is 1.63. The first-order chi connectivity index (χ1) is 9.20. The van der Waals surface area contributed by atoms with Gasteiger partial charge in [0.15, 0.2) is 0 Å². The average molecular weight is 275 g/mol. The summed E-state index contributed by atoms with van der Waals surface area (Å²) in [4.78, 5) is 10.5. The molecule has 1 aromatic heterocycles. The van der Waals surface area contributed by atoms with E-state index in [9.17, 15) is 4.79 Å². The molecule has 0 radical (unpaired) electrons. The normalized spacial score (nSPS) is 10.6. The van der Waals surface area contributed by atoms with Gasteiger partial charge in [0.1, 0.15) is 5.75 Å². The van der Waals surface area contributed by atoms with E-state index < -0.39 is 6.03 Å². The Kier molecular flexibility index (Phi) is 4.15. The molecule has 0 bridgehead atoms. The molecule has 0 saturated heterocycles. The number of hydrogen-bond donors (Lipinski definition) is 2. The lowest BCUT2D eigenvalue weighted by atomic mass is 10.1. The molecule has 0 saturated carbocycles. The zero-order chi connectivity index (χ0) is 13.7. The summed E-state index contributed by atoms with van der Waals surface area (Å²) in [6.07, 6.45) is 1.53. The van der Waals surface area contributed by atoms with Gasteiger partial charge in [0.2, 0.25) is 0 Å². The lowest BCUT2D eigenvalue weighted by Gasteiger charge is -2.07. The van der Waals surface area contributed by atoms with Crippen molar-refractivity contribution in [2.75, 3.05) is 7.11 Å². The van der Waals surface area contributed by atoms with Crippen LogP contribution in [0.15, 0.2) is 40.1 Å².